The first-order valence-corrected chi connectivity index (χ1v) is 8.19. The highest BCUT2D eigenvalue weighted by Crippen LogP contribution is 2.33. The lowest BCUT2D eigenvalue weighted by molar-refractivity contribution is -0.262. The van der Waals surface area contributed by atoms with E-state index in [0.29, 0.717) is 0 Å². The van der Waals surface area contributed by atoms with Crippen molar-refractivity contribution < 1.29 is 23.8 Å². The molecule has 2 atom stereocenters. The van der Waals surface area contributed by atoms with Gasteiger partial charge in [-0.2, -0.15) is 0 Å². The summed E-state index contributed by atoms with van der Waals surface area (Å²) >= 11 is 0. The summed E-state index contributed by atoms with van der Waals surface area (Å²) in [6.45, 7) is 8.98. The van der Waals surface area contributed by atoms with Gasteiger partial charge in [0.1, 0.15) is 18.3 Å². The first-order valence-electron chi connectivity index (χ1n) is 8.19. The van der Waals surface area contributed by atoms with Crippen molar-refractivity contribution in [2.45, 2.75) is 64.4 Å². The maximum Gasteiger partial charge on any atom is 0.307 e. The number of esters is 1. The third kappa shape index (κ3) is 5.14. The standard InChI is InChI=1S/C19H26O5/c1-18(2,3)23-16(21)11-14(13-9-7-6-8-10-13)17-15(20)12-22-19(4,5)24-17/h6-10,14,17H,11-12H2,1-5H3/t14-,17+/m1/s1. The molecule has 1 saturated heterocycles. The molecule has 0 spiro atoms. The normalized spacial score (nSPS) is 22.0. The molecule has 0 radical (unpaired) electrons. The molecule has 2 rings (SSSR count). The zero-order chi connectivity index (χ0) is 18.0. The summed E-state index contributed by atoms with van der Waals surface area (Å²) in [6.07, 6.45) is -0.656. The van der Waals surface area contributed by atoms with Crippen LogP contribution >= 0.6 is 0 Å². The van der Waals surface area contributed by atoms with E-state index in [-0.39, 0.29) is 24.8 Å². The summed E-state index contributed by atoms with van der Waals surface area (Å²) in [5, 5.41) is 0. The number of carbonyl (C=O) groups excluding carboxylic acids is 2. The van der Waals surface area contributed by atoms with E-state index in [0.717, 1.165) is 5.56 Å². The number of carbonyl (C=O) groups is 2. The molecule has 0 aliphatic carbocycles. The maximum absolute atomic E-state index is 12.4. The lowest BCUT2D eigenvalue weighted by Crippen LogP contribution is -2.49. The Hall–Kier alpha value is -1.72. The minimum absolute atomic E-state index is 0.0185. The monoisotopic (exact) mass is 334 g/mol. The molecule has 0 bridgehead atoms. The molecule has 1 aliphatic rings. The molecule has 5 nitrogen and oxygen atoms in total. The summed E-state index contributed by atoms with van der Waals surface area (Å²) in [5.74, 6) is -1.78. The maximum atomic E-state index is 12.4. The molecule has 1 aromatic carbocycles. The molecule has 0 N–H and O–H groups in total. The van der Waals surface area contributed by atoms with Crippen molar-refractivity contribution in [2.75, 3.05) is 6.61 Å². The second kappa shape index (κ2) is 7.03. The van der Waals surface area contributed by atoms with Gasteiger partial charge in [0, 0.05) is 5.92 Å². The number of ether oxygens (including phenoxy) is 3. The molecule has 1 fully saturated rings. The van der Waals surface area contributed by atoms with Crippen LogP contribution < -0.4 is 0 Å². The van der Waals surface area contributed by atoms with Crippen LogP contribution in [0.5, 0.6) is 0 Å². The third-order valence-electron chi connectivity index (χ3n) is 3.69. The van der Waals surface area contributed by atoms with Gasteiger partial charge >= 0.3 is 5.97 Å². The van der Waals surface area contributed by atoms with Crippen LogP contribution in [0.4, 0.5) is 0 Å². The highest BCUT2D eigenvalue weighted by molar-refractivity contribution is 5.87. The average Bonchev–Trinajstić information content (AvgIpc) is 2.47. The number of benzene rings is 1. The fourth-order valence-corrected chi connectivity index (χ4v) is 2.70. The smallest absolute Gasteiger partial charge is 0.307 e. The van der Waals surface area contributed by atoms with Gasteiger partial charge in [0.05, 0.1) is 6.42 Å². The first-order chi connectivity index (χ1) is 11.1. The Morgan fingerprint density at radius 1 is 1.29 bits per heavy atom. The first kappa shape index (κ1) is 18.6. The third-order valence-corrected chi connectivity index (χ3v) is 3.69. The molecule has 132 valence electrons. The van der Waals surface area contributed by atoms with Crippen LogP contribution in [0.25, 0.3) is 0 Å². The summed E-state index contributed by atoms with van der Waals surface area (Å²) in [7, 11) is 0. The quantitative estimate of drug-likeness (QED) is 0.791. The molecule has 1 heterocycles. The van der Waals surface area contributed by atoms with Gasteiger partial charge in [-0.15, -0.1) is 0 Å². The van der Waals surface area contributed by atoms with Crippen molar-refractivity contribution in [3.8, 4) is 0 Å². The highest BCUT2D eigenvalue weighted by Gasteiger charge is 2.41. The van der Waals surface area contributed by atoms with Crippen molar-refractivity contribution in [1.82, 2.24) is 0 Å². The van der Waals surface area contributed by atoms with Crippen LogP contribution in [-0.4, -0.2) is 35.9 Å². The summed E-state index contributed by atoms with van der Waals surface area (Å²) in [4.78, 5) is 24.7. The average molecular weight is 334 g/mol. The van der Waals surface area contributed by atoms with E-state index in [1.54, 1.807) is 13.8 Å². The van der Waals surface area contributed by atoms with E-state index < -0.39 is 23.4 Å². The molecule has 5 heteroatoms. The van der Waals surface area contributed by atoms with Gasteiger partial charge in [0.2, 0.25) is 0 Å². The molecule has 0 saturated carbocycles. The van der Waals surface area contributed by atoms with Gasteiger partial charge in [-0.25, -0.2) is 0 Å². The Kier molecular flexibility index (Phi) is 5.45. The highest BCUT2D eigenvalue weighted by atomic mass is 16.7. The predicted molar refractivity (Wildman–Crippen MR) is 89.6 cm³/mol. The van der Waals surface area contributed by atoms with Crippen molar-refractivity contribution in [3.05, 3.63) is 35.9 Å². The topological polar surface area (TPSA) is 61.8 Å². The molecule has 1 aromatic rings. The van der Waals surface area contributed by atoms with Gasteiger partial charge < -0.3 is 14.2 Å². The Balaban J connectivity index is 2.26. The Labute approximate surface area is 143 Å². The lowest BCUT2D eigenvalue weighted by atomic mass is 9.87. The van der Waals surface area contributed by atoms with Gasteiger partial charge in [0.25, 0.3) is 0 Å². The minimum Gasteiger partial charge on any atom is -0.460 e. The van der Waals surface area contributed by atoms with Gasteiger partial charge in [-0.1, -0.05) is 30.3 Å². The zero-order valence-electron chi connectivity index (χ0n) is 15.0. The van der Waals surface area contributed by atoms with E-state index in [4.69, 9.17) is 14.2 Å². The second-order valence-electron chi connectivity index (χ2n) is 7.50. The van der Waals surface area contributed by atoms with Crippen molar-refractivity contribution in [1.29, 1.82) is 0 Å². The van der Waals surface area contributed by atoms with E-state index in [1.807, 2.05) is 51.1 Å². The largest absolute Gasteiger partial charge is 0.460 e. The zero-order valence-corrected chi connectivity index (χ0v) is 15.0. The number of hydrogen-bond donors (Lipinski definition) is 0. The fraction of sp³-hybridized carbons (Fsp3) is 0.579. The molecular weight excluding hydrogens is 308 g/mol. The Morgan fingerprint density at radius 3 is 2.50 bits per heavy atom. The van der Waals surface area contributed by atoms with Gasteiger partial charge in [-0.3, -0.25) is 9.59 Å². The van der Waals surface area contributed by atoms with Crippen LogP contribution in [-0.2, 0) is 23.8 Å². The summed E-state index contributed by atoms with van der Waals surface area (Å²) < 4.78 is 16.7. The van der Waals surface area contributed by atoms with Crippen LogP contribution in [0.3, 0.4) is 0 Å². The van der Waals surface area contributed by atoms with Crippen molar-refractivity contribution in [2.24, 2.45) is 0 Å². The van der Waals surface area contributed by atoms with Crippen LogP contribution in [0.1, 0.15) is 52.5 Å². The van der Waals surface area contributed by atoms with Crippen molar-refractivity contribution >= 4 is 11.8 Å². The van der Waals surface area contributed by atoms with Gasteiger partial charge in [0.15, 0.2) is 11.6 Å². The van der Waals surface area contributed by atoms with E-state index in [9.17, 15) is 9.59 Å². The molecule has 0 unspecified atom stereocenters. The fourth-order valence-electron chi connectivity index (χ4n) is 2.70. The number of ketones is 1. The summed E-state index contributed by atoms with van der Waals surface area (Å²) in [6, 6.07) is 9.45. The van der Waals surface area contributed by atoms with Crippen LogP contribution in [0.2, 0.25) is 0 Å². The Bertz CT molecular complexity index is 586. The predicted octanol–water partition coefficient (Wildman–Crippen LogP) is 3.22. The summed E-state index contributed by atoms with van der Waals surface area (Å²) in [5.41, 5.74) is 0.303. The number of rotatable bonds is 4. The molecule has 1 aliphatic heterocycles. The molecule has 0 amide bonds. The van der Waals surface area contributed by atoms with Crippen molar-refractivity contribution in [3.63, 3.8) is 0 Å². The van der Waals surface area contributed by atoms with E-state index >= 15 is 0 Å². The van der Waals surface area contributed by atoms with E-state index in [1.165, 1.54) is 0 Å². The molecule has 24 heavy (non-hydrogen) atoms. The number of hydrogen-bond acceptors (Lipinski definition) is 5. The molecular formula is C19H26O5. The SMILES string of the molecule is CC(C)(C)OC(=O)C[C@H](c1ccccc1)[C@@H]1OC(C)(C)OCC1=O. The number of Topliss-reactive ketones (excluding diaryl/α,β-unsaturated/α-hetero) is 1. The second-order valence-corrected chi connectivity index (χ2v) is 7.50. The van der Waals surface area contributed by atoms with E-state index in [2.05, 4.69) is 0 Å². The van der Waals surface area contributed by atoms with Crippen LogP contribution in [0, 0.1) is 0 Å². The lowest BCUT2D eigenvalue weighted by Gasteiger charge is -2.38. The van der Waals surface area contributed by atoms with Gasteiger partial charge in [-0.05, 0) is 40.2 Å². The molecule has 0 aromatic heterocycles. The Morgan fingerprint density at radius 2 is 1.92 bits per heavy atom. The minimum atomic E-state index is -0.862. The van der Waals surface area contributed by atoms with Crippen LogP contribution in [0.15, 0.2) is 30.3 Å².